The maximum atomic E-state index is 13.6. The summed E-state index contributed by atoms with van der Waals surface area (Å²) in [6.45, 7) is 4.20. The second kappa shape index (κ2) is 8.70. The van der Waals surface area contributed by atoms with E-state index in [-0.39, 0.29) is 30.2 Å². The second-order valence-electron chi connectivity index (χ2n) is 7.98. The van der Waals surface area contributed by atoms with E-state index in [1.54, 1.807) is 23.5 Å². The fraction of sp³-hybridized carbons (Fsp3) is 0.391. The van der Waals surface area contributed by atoms with Gasteiger partial charge in [-0.1, -0.05) is 13.8 Å². The van der Waals surface area contributed by atoms with Gasteiger partial charge in [0.25, 0.3) is 0 Å². The Kier molecular flexibility index (Phi) is 6.01. The molecular formula is C23H25FN2O3S. The molecular weight excluding hydrogens is 403 g/mol. The molecule has 0 spiro atoms. The van der Waals surface area contributed by atoms with E-state index in [1.807, 2.05) is 22.2 Å². The molecule has 0 unspecified atom stereocenters. The maximum Gasteiger partial charge on any atom is 0.308 e. The van der Waals surface area contributed by atoms with Crippen molar-refractivity contribution >= 4 is 17.3 Å². The molecule has 0 saturated carbocycles. The van der Waals surface area contributed by atoms with Gasteiger partial charge in [0.2, 0.25) is 0 Å². The quantitative estimate of drug-likeness (QED) is 0.570. The Balaban J connectivity index is 1.75. The van der Waals surface area contributed by atoms with Crippen molar-refractivity contribution in [2.24, 2.45) is 0 Å². The van der Waals surface area contributed by atoms with Gasteiger partial charge in [-0.25, -0.2) is 9.07 Å². The minimum absolute atomic E-state index is 0.0604. The Bertz CT molecular complexity index is 1010. The van der Waals surface area contributed by atoms with E-state index in [2.05, 4.69) is 13.8 Å². The van der Waals surface area contributed by atoms with Gasteiger partial charge in [0.05, 0.1) is 23.9 Å². The lowest BCUT2D eigenvalue weighted by Crippen LogP contribution is -2.32. The number of carbonyl (C=O) groups excluding carboxylic acids is 1. The number of benzene rings is 1. The Morgan fingerprint density at radius 2 is 2.07 bits per heavy atom. The van der Waals surface area contributed by atoms with Gasteiger partial charge in [0.15, 0.2) is 0 Å². The van der Waals surface area contributed by atoms with E-state index < -0.39 is 6.10 Å². The lowest BCUT2D eigenvalue weighted by molar-refractivity contribution is -0.160. The van der Waals surface area contributed by atoms with Crippen LogP contribution in [0.3, 0.4) is 0 Å². The van der Waals surface area contributed by atoms with E-state index >= 15 is 0 Å². The van der Waals surface area contributed by atoms with Crippen molar-refractivity contribution in [2.75, 3.05) is 0 Å². The van der Waals surface area contributed by atoms with Crippen LogP contribution < -0.4 is 0 Å². The number of aliphatic hydroxyl groups excluding tert-OH is 1. The summed E-state index contributed by atoms with van der Waals surface area (Å²) < 4.78 is 21.0. The summed E-state index contributed by atoms with van der Waals surface area (Å²) in [7, 11) is 0. The van der Waals surface area contributed by atoms with E-state index in [4.69, 9.17) is 9.84 Å². The first-order valence-corrected chi connectivity index (χ1v) is 11.1. The lowest BCUT2D eigenvalue weighted by Gasteiger charge is -2.26. The van der Waals surface area contributed by atoms with Crippen molar-refractivity contribution in [3.63, 3.8) is 0 Å². The SMILES string of the molecule is CC(C)c1nn(-c2cccs2)c(-c2ccc(F)cc2)c1CC[C@@H]1C[C@@H](O)CC(=O)O1. The monoisotopic (exact) mass is 428 g/mol. The van der Waals surface area contributed by atoms with E-state index in [1.165, 1.54) is 12.1 Å². The van der Waals surface area contributed by atoms with Crippen LogP contribution in [0.5, 0.6) is 0 Å². The summed E-state index contributed by atoms with van der Waals surface area (Å²) in [5, 5.41) is 17.8. The van der Waals surface area contributed by atoms with Gasteiger partial charge in [-0.15, -0.1) is 11.3 Å². The predicted octanol–water partition coefficient (Wildman–Crippen LogP) is 4.86. The number of halogens is 1. The zero-order chi connectivity index (χ0) is 21.3. The summed E-state index contributed by atoms with van der Waals surface area (Å²) in [5.74, 6) is -0.439. The highest BCUT2D eigenvalue weighted by atomic mass is 32.1. The molecule has 3 aromatic rings. The molecule has 5 nitrogen and oxygen atoms in total. The zero-order valence-electron chi connectivity index (χ0n) is 17.0. The molecule has 1 aliphatic heterocycles. The van der Waals surface area contributed by atoms with Crippen LogP contribution >= 0.6 is 11.3 Å². The molecule has 0 aliphatic carbocycles. The summed E-state index contributed by atoms with van der Waals surface area (Å²) in [6.07, 6.45) is 0.806. The molecule has 30 heavy (non-hydrogen) atoms. The van der Waals surface area contributed by atoms with Crippen molar-refractivity contribution in [2.45, 2.75) is 57.7 Å². The first-order valence-electron chi connectivity index (χ1n) is 10.2. The second-order valence-corrected chi connectivity index (χ2v) is 8.91. The van der Waals surface area contributed by atoms with Gasteiger partial charge in [-0.3, -0.25) is 4.79 Å². The van der Waals surface area contributed by atoms with Crippen LogP contribution in [-0.4, -0.2) is 33.1 Å². The fourth-order valence-electron chi connectivity index (χ4n) is 3.98. The van der Waals surface area contributed by atoms with Crippen molar-refractivity contribution in [1.29, 1.82) is 0 Å². The molecule has 1 fully saturated rings. The van der Waals surface area contributed by atoms with Crippen LogP contribution in [-0.2, 0) is 16.0 Å². The smallest absolute Gasteiger partial charge is 0.308 e. The van der Waals surface area contributed by atoms with E-state index in [0.29, 0.717) is 19.3 Å². The average molecular weight is 429 g/mol. The summed E-state index contributed by atoms with van der Waals surface area (Å²) in [5.41, 5.74) is 3.87. The van der Waals surface area contributed by atoms with Gasteiger partial charge in [0.1, 0.15) is 16.9 Å². The molecule has 1 aliphatic rings. The third kappa shape index (κ3) is 4.32. The third-order valence-corrected chi connectivity index (χ3v) is 6.19. The summed E-state index contributed by atoms with van der Waals surface area (Å²) in [4.78, 5) is 11.7. The Hall–Kier alpha value is -2.51. The van der Waals surface area contributed by atoms with Gasteiger partial charge < -0.3 is 9.84 Å². The number of carbonyl (C=O) groups is 1. The highest BCUT2D eigenvalue weighted by molar-refractivity contribution is 7.12. The molecule has 0 amide bonds. The minimum Gasteiger partial charge on any atom is -0.462 e. The molecule has 2 aromatic heterocycles. The Morgan fingerprint density at radius 1 is 1.30 bits per heavy atom. The minimum atomic E-state index is -0.647. The molecule has 158 valence electrons. The largest absolute Gasteiger partial charge is 0.462 e. The number of esters is 1. The zero-order valence-corrected chi connectivity index (χ0v) is 17.9. The Morgan fingerprint density at radius 3 is 2.70 bits per heavy atom. The maximum absolute atomic E-state index is 13.6. The van der Waals surface area contributed by atoms with Crippen LogP contribution in [0.4, 0.5) is 4.39 Å². The predicted molar refractivity (Wildman–Crippen MR) is 114 cm³/mol. The molecule has 2 atom stereocenters. The van der Waals surface area contributed by atoms with Crippen molar-refractivity contribution in [3.05, 3.63) is 58.9 Å². The topological polar surface area (TPSA) is 64.3 Å². The van der Waals surface area contributed by atoms with Crippen molar-refractivity contribution in [3.8, 4) is 16.3 Å². The Labute approximate surface area is 179 Å². The highest BCUT2D eigenvalue weighted by Gasteiger charge is 2.29. The van der Waals surface area contributed by atoms with Gasteiger partial charge in [0, 0.05) is 17.5 Å². The molecule has 1 saturated heterocycles. The third-order valence-electron chi connectivity index (χ3n) is 5.35. The number of hydrogen-bond acceptors (Lipinski definition) is 5. The summed E-state index contributed by atoms with van der Waals surface area (Å²) in [6, 6.07) is 10.5. The van der Waals surface area contributed by atoms with Gasteiger partial charge in [-0.05, 0) is 60.5 Å². The molecule has 4 rings (SSSR count). The number of aliphatic hydroxyl groups is 1. The van der Waals surface area contributed by atoms with Crippen molar-refractivity contribution in [1.82, 2.24) is 9.78 Å². The number of nitrogens with zero attached hydrogens (tertiary/aromatic N) is 2. The number of cyclic esters (lactones) is 1. The average Bonchev–Trinajstić information content (AvgIpc) is 3.34. The number of ether oxygens (including phenoxy) is 1. The molecule has 0 radical (unpaired) electrons. The van der Waals surface area contributed by atoms with Crippen LogP contribution in [0.2, 0.25) is 0 Å². The van der Waals surface area contributed by atoms with Crippen LogP contribution in [0, 0.1) is 5.82 Å². The number of aromatic nitrogens is 2. The highest BCUT2D eigenvalue weighted by Crippen LogP contribution is 2.35. The van der Waals surface area contributed by atoms with E-state index in [0.717, 1.165) is 27.5 Å². The molecule has 1 aromatic carbocycles. The first-order chi connectivity index (χ1) is 14.4. The number of rotatable bonds is 6. The van der Waals surface area contributed by atoms with Gasteiger partial charge in [-0.2, -0.15) is 5.10 Å². The molecule has 3 heterocycles. The molecule has 1 N–H and O–H groups in total. The van der Waals surface area contributed by atoms with Gasteiger partial charge >= 0.3 is 5.97 Å². The van der Waals surface area contributed by atoms with Crippen molar-refractivity contribution < 1.29 is 19.0 Å². The van der Waals surface area contributed by atoms with Crippen LogP contribution in [0.1, 0.15) is 50.3 Å². The van der Waals surface area contributed by atoms with Crippen LogP contribution in [0.15, 0.2) is 41.8 Å². The summed E-state index contributed by atoms with van der Waals surface area (Å²) >= 11 is 1.59. The normalized spacial score (nSPS) is 19.3. The molecule has 0 bridgehead atoms. The standard InChI is InChI=1S/C23H25FN2O3S/c1-14(2)22-19(10-9-18-12-17(27)13-21(28)29-18)23(15-5-7-16(24)8-6-15)26(25-22)20-4-3-11-30-20/h3-8,11,14,17-18,27H,9-10,12-13H2,1-2H3/t17-,18-/m1/s1. The number of hydrogen-bond donors (Lipinski definition) is 1. The fourth-order valence-corrected chi connectivity index (χ4v) is 4.66. The van der Waals surface area contributed by atoms with Crippen LogP contribution in [0.25, 0.3) is 16.3 Å². The lowest BCUT2D eigenvalue weighted by atomic mass is 9.93. The molecule has 7 heteroatoms. The first kappa shape index (κ1) is 20.8. The van der Waals surface area contributed by atoms with E-state index in [9.17, 15) is 14.3 Å². The number of thiophene rings is 1.